The summed E-state index contributed by atoms with van der Waals surface area (Å²) >= 11 is 0. The Kier molecular flexibility index (Phi) is 4.97. The van der Waals surface area contributed by atoms with Gasteiger partial charge in [0.2, 0.25) is 0 Å². The van der Waals surface area contributed by atoms with E-state index in [2.05, 4.69) is 18.5 Å². The van der Waals surface area contributed by atoms with Crippen LogP contribution in [0.5, 0.6) is 5.75 Å². The molecule has 2 aromatic rings. The molecule has 0 bridgehead atoms. The van der Waals surface area contributed by atoms with Crippen LogP contribution in [0.4, 0.5) is 5.88 Å². The third-order valence-electron chi connectivity index (χ3n) is 4.10. The summed E-state index contributed by atoms with van der Waals surface area (Å²) in [4.78, 5) is 14.8. The minimum Gasteiger partial charge on any atom is -0.494 e. The molecule has 0 spiro atoms. The number of allylic oxidation sites excluding steroid dienone is 1. The van der Waals surface area contributed by atoms with E-state index in [0.29, 0.717) is 30.2 Å². The Morgan fingerprint density at radius 2 is 2.24 bits per heavy atom. The fourth-order valence-electron chi connectivity index (χ4n) is 2.77. The van der Waals surface area contributed by atoms with Gasteiger partial charge in [0.25, 0.3) is 0 Å². The van der Waals surface area contributed by atoms with Gasteiger partial charge >= 0.3 is 5.88 Å². The second-order valence-electron chi connectivity index (χ2n) is 5.87. The number of furan rings is 1. The first kappa shape index (κ1) is 17.0. The number of benzene rings is 1. The molecule has 0 N–H and O–H groups in total. The van der Waals surface area contributed by atoms with Crippen molar-refractivity contribution in [3.05, 3.63) is 63.9 Å². The Bertz CT molecular complexity index is 836. The van der Waals surface area contributed by atoms with Crippen LogP contribution in [-0.4, -0.2) is 23.8 Å². The van der Waals surface area contributed by atoms with Crippen molar-refractivity contribution in [1.29, 1.82) is 0 Å². The highest BCUT2D eigenvalue weighted by Crippen LogP contribution is 2.30. The molecular weight excluding hydrogens is 320 g/mol. The van der Waals surface area contributed by atoms with Gasteiger partial charge in [0.15, 0.2) is 0 Å². The number of rotatable bonds is 7. The first-order chi connectivity index (χ1) is 12.1. The average molecular weight is 340 g/mol. The first-order valence-electron chi connectivity index (χ1n) is 8.34. The molecule has 0 atom stereocenters. The van der Waals surface area contributed by atoms with E-state index in [-0.39, 0.29) is 5.88 Å². The second-order valence-corrected chi connectivity index (χ2v) is 5.87. The number of hydrogen-bond acceptors (Lipinski definition) is 5. The smallest absolute Gasteiger partial charge is 0.433 e. The normalized spacial score (nSPS) is 13.1. The molecule has 0 amide bonds. The van der Waals surface area contributed by atoms with Crippen LogP contribution < -0.4 is 4.74 Å². The van der Waals surface area contributed by atoms with Crippen LogP contribution in [0, 0.1) is 10.1 Å². The highest BCUT2D eigenvalue weighted by atomic mass is 16.6. The summed E-state index contributed by atoms with van der Waals surface area (Å²) in [6, 6.07) is 8.82. The van der Waals surface area contributed by atoms with E-state index in [4.69, 9.17) is 9.15 Å². The fraction of sp³-hybridized carbons (Fsp3) is 0.316. The molecule has 0 unspecified atom stereocenters. The molecule has 6 nitrogen and oxygen atoms in total. The molecule has 1 aliphatic rings. The zero-order chi connectivity index (χ0) is 17.8. The maximum absolute atomic E-state index is 10.8. The lowest BCUT2D eigenvalue weighted by Crippen LogP contribution is -2.14. The number of ether oxygens (including phenoxy) is 1. The minimum atomic E-state index is -0.562. The first-order valence-corrected chi connectivity index (χ1v) is 8.34. The van der Waals surface area contributed by atoms with Gasteiger partial charge in [0, 0.05) is 17.7 Å². The number of fused-ring (bicyclic) bond motifs is 1. The quantitative estimate of drug-likeness (QED) is 0.424. The Labute approximate surface area is 146 Å². The predicted molar refractivity (Wildman–Crippen MR) is 96.3 cm³/mol. The van der Waals surface area contributed by atoms with Gasteiger partial charge in [-0.15, -0.1) is 0 Å². The van der Waals surface area contributed by atoms with Crippen LogP contribution in [0.2, 0.25) is 0 Å². The van der Waals surface area contributed by atoms with Crippen LogP contribution in [0.15, 0.2) is 46.3 Å². The van der Waals surface area contributed by atoms with Crippen molar-refractivity contribution in [2.45, 2.75) is 26.2 Å². The Balaban J connectivity index is 1.83. The van der Waals surface area contributed by atoms with E-state index in [1.54, 1.807) is 6.07 Å². The zero-order valence-electron chi connectivity index (χ0n) is 14.2. The highest BCUT2D eigenvalue weighted by molar-refractivity contribution is 6.31. The van der Waals surface area contributed by atoms with E-state index >= 15 is 0 Å². The molecule has 3 rings (SSSR count). The molecule has 25 heavy (non-hydrogen) atoms. The lowest BCUT2D eigenvalue weighted by Gasteiger charge is -2.19. The predicted octanol–water partition coefficient (Wildman–Crippen LogP) is 4.43. The number of unbranched alkanes of at least 4 members (excludes halogenated alkanes) is 1. The number of aliphatic imine (C=N–C) groups is 1. The molecular formula is C19H20N2O4. The molecule has 130 valence electrons. The maximum Gasteiger partial charge on any atom is 0.433 e. The standard InChI is InChI=1S/C19H20N2O4/c1-3-4-11-24-15-5-6-16-14(12-15)9-10-20-19(16)13(2)17-7-8-18(25-17)21(22)23/h5-8,12H,2-4,9-11H2,1H3. The van der Waals surface area contributed by atoms with E-state index in [1.807, 2.05) is 18.2 Å². The highest BCUT2D eigenvalue weighted by Gasteiger charge is 2.22. The molecule has 0 aliphatic carbocycles. The molecule has 0 fully saturated rings. The van der Waals surface area contributed by atoms with Gasteiger partial charge < -0.3 is 9.15 Å². The van der Waals surface area contributed by atoms with E-state index in [0.717, 1.165) is 36.1 Å². The third-order valence-corrected chi connectivity index (χ3v) is 4.10. The molecule has 0 radical (unpaired) electrons. The number of nitro groups is 1. The van der Waals surface area contributed by atoms with E-state index in [9.17, 15) is 10.1 Å². The molecule has 0 saturated carbocycles. The average Bonchev–Trinajstić information content (AvgIpc) is 3.11. The van der Waals surface area contributed by atoms with Crippen molar-refractivity contribution in [3.63, 3.8) is 0 Å². The lowest BCUT2D eigenvalue weighted by molar-refractivity contribution is -0.402. The van der Waals surface area contributed by atoms with Gasteiger partial charge in [0.1, 0.15) is 16.4 Å². The summed E-state index contributed by atoms with van der Waals surface area (Å²) in [5.74, 6) is 0.918. The summed E-state index contributed by atoms with van der Waals surface area (Å²) < 4.78 is 11.0. The Morgan fingerprint density at radius 3 is 2.96 bits per heavy atom. The van der Waals surface area contributed by atoms with Crippen molar-refractivity contribution in [3.8, 4) is 5.75 Å². The van der Waals surface area contributed by atoms with Gasteiger partial charge in [-0.1, -0.05) is 19.9 Å². The summed E-state index contributed by atoms with van der Waals surface area (Å²) in [5, 5.41) is 10.8. The fourth-order valence-corrected chi connectivity index (χ4v) is 2.77. The molecule has 1 aromatic carbocycles. The summed E-state index contributed by atoms with van der Waals surface area (Å²) in [7, 11) is 0. The Morgan fingerprint density at radius 1 is 1.40 bits per heavy atom. The zero-order valence-corrected chi connectivity index (χ0v) is 14.2. The van der Waals surface area contributed by atoms with Gasteiger partial charge in [-0.2, -0.15) is 0 Å². The number of nitrogens with zero attached hydrogens (tertiary/aromatic N) is 2. The van der Waals surface area contributed by atoms with Crippen LogP contribution in [0.3, 0.4) is 0 Å². The molecule has 1 aliphatic heterocycles. The molecule has 1 aromatic heterocycles. The van der Waals surface area contributed by atoms with Gasteiger partial charge in [-0.25, -0.2) is 0 Å². The Hall–Kier alpha value is -2.89. The summed E-state index contributed by atoms with van der Waals surface area (Å²) in [6.45, 7) is 7.50. The molecule has 6 heteroatoms. The monoisotopic (exact) mass is 340 g/mol. The van der Waals surface area contributed by atoms with E-state index < -0.39 is 4.92 Å². The lowest BCUT2D eigenvalue weighted by atomic mass is 9.93. The van der Waals surface area contributed by atoms with Crippen LogP contribution >= 0.6 is 0 Å². The topological polar surface area (TPSA) is 77.9 Å². The van der Waals surface area contributed by atoms with Crippen LogP contribution in [0.25, 0.3) is 5.57 Å². The SMILES string of the molecule is C=C(C1=NCCc2cc(OCCCC)ccc21)c1ccc([N+](=O)[O-])o1. The maximum atomic E-state index is 10.8. The van der Waals surface area contributed by atoms with Crippen LogP contribution in [-0.2, 0) is 6.42 Å². The van der Waals surface area contributed by atoms with Crippen molar-refractivity contribution in [2.75, 3.05) is 13.2 Å². The third kappa shape index (κ3) is 3.63. The van der Waals surface area contributed by atoms with Crippen LogP contribution in [0.1, 0.15) is 36.7 Å². The summed E-state index contributed by atoms with van der Waals surface area (Å²) in [5.41, 5.74) is 3.37. The van der Waals surface area contributed by atoms with Crippen molar-refractivity contribution in [2.24, 2.45) is 4.99 Å². The minimum absolute atomic E-state index is 0.299. The van der Waals surface area contributed by atoms with Crippen molar-refractivity contribution < 1.29 is 14.1 Å². The van der Waals surface area contributed by atoms with Crippen molar-refractivity contribution in [1.82, 2.24) is 0 Å². The second kappa shape index (κ2) is 7.34. The summed E-state index contributed by atoms with van der Waals surface area (Å²) in [6.07, 6.45) is 2.95. The van der Waals surface area contributed by atoms with Gasteiger partial charge in [-0.05, 0) is 42.7 Å². The van der Waals surface area contributed by atoms with Gasteiger partial charge in [-0.3, -0.25) is 15.1 Å². The molecule has 2 heterocycles. The van der Waals surface area contributed by atoms with Gasteiger partial charge in [0.05, 0.1) is 18.4 Å². The number of hydrogen-bond donors (Lipinski definition) is 0. The molecule has 0 saturated heterocycles. The van der Waals surface area contributed by atoms with E-state index in [1.165, 1.54) is 6.07 Å². The van der Waals surface area contributed by atoms with Crippen molar-refractivity contribution >= 4 is 17.2 Å². The largest absolute Gasteiger partial charge is 0.494 e.